The molecule has 2 heterocycles. The van der Waals surface area contributed by atoms with Gasteiger partial charge in [-0.2, -0.15) is 0 Å². The van der Waals surface area contributed by atoms with E-state index in [4.69, 9.17) is 9.47 Å². The molecule has 0 atom stereocenters. The second-order valence-corrected chi connectivity index (χ2v) is 7.05. The molecule has 5 rings (SSSR count). The molecule has 2 aliphatic rings. The third-order valence-electron chi connectivity index (χ3n) is 5.20. The number of ketones is 2. The average Bonchev–Trinajstić information content (AvgIpc) is 3.21. The minimum Gasteiger partial charge on any atom is -0.505 e. The number of carbonyl (C=O) groups excluding carboxylic acids is 2. The van der Waals surface area contributed by atoms with Gasteiger partial charge in [0.25, 0.3) is 5.56 Å². The van der Waals surface area contributed by atoms with Crippen LogP contribution in [0.1, 0.15) is 25.0 Å². The number of hydrogen-bond donors (Lipinski definition) is 1. The Morgan fingerprint density at radius 2 is 1.70 bits per heavy atom. The van der Waals surface area contributed by atoms with Crippen LogP contribution < -0.4 is 15.0 Å². The SMILES string of the molecule is O=C1CCCC(=O)C1=C(O)c1nc2ccccc2n(-c2ccc3c(c2)OCO3)c1=O. The van der Waals surface area contributed by atoms with Crippen LogP contribution in [0.3, 0.4) is 0 Å². The van der Waals surface area contributed by atoms with E-state index in [2.05, 4.69) is 4.98 Å². The van der Waals surface area contributed by atoms with Crippen LogP contribution in [0, 0.1) is 0 Å². The summed E-state index contributed by atoms with van der Waals surface area (Å²) in [7, 11) is 0. The molecule has 0 radical (unpaired) electrons. The number of nitrogens with zero attached hydrogens (tertiary/aromatic N) is 2. The third kappa shape index (κ3) is 2.76. The lowest BCUT2D eigenvalue weighted by molar-refractivity contribution is -0.123. The molecule has 1 aromatic heterocycles. The van der Waals surface area contributed by atoms with Gasteiger partial charge in [0.2, 0.25) is 6.79 Å². The molecule has 1 aliphatic carbocycles. The summed E-state index contributed by atoms with van der Waals surface area (Å²) in [6.45, 7) is 0.0904. The van der Waals surface area contributed by atoms with Gasteiger partial charge in [0.15, 0.2) is 34.5 Å². The van der Waals surface area contributed by atoms with Crippen molar-refractivity contribution in [2.45, 2.75) is 19.3 Å². The average molecular weight is 404 g/mol. The molecule has 1 aliphatic heterocycles. The Labute approximate surface area is 170 Å². The molecule has 8 nitrogen and oxygen atoms in total. The normalized spacial score (nSPS) is 15.7. The molecule has 0 saturated heterocycles. The number of allylic oxidation sites excluding steroid dienone is 1. The third-order valence-corrected chi connectivity index (χ3v) is 5.20. The highest BCUT2D eigenvalue weighted by Crippen LogP contribution is 2.34. The fourth-order valence-corrected chi connectivity index (χ4v) is 3.76. The lowest BCUT2D eigenvalue weighted by Crippen LogP contribution is -2.27. The summed E-state index contributed by atoms with van der Waals surface area (Å²) in [5, 5.41) is 10.8. The van der Waals surface area contributed by atoms with Crippen molar-refractivity contribution in [3.8, 4) is 17.2 Å². The van der Waals surface area contributed by atoms with Crippen LogP contribution in [-0.4, -0.2) is 33.0 Å². The van der Waals surface area contributed by atoms with Crippen LogP contribution in [0.5, 0.6) is 11.5 Å². The van der Waals surface area contributed by atoms with Crippen LogP contribution in [0.15, 0.2) is 52.8 Å². The van der Waals surface area contributed by atoms with Crippen molar-refractivity contribution in [3.05, 3.63) is 64.1 Å². The largest absolute Gasteiger partial charge is 0.505 e. The van der Waals surface area contributed by atoms with E-state index in [1.165, 1.54) is 4.57 Å². The minimum absolute atomic E-state index is 0.0904. The van der Waals surface area contributed by atoms with Crippen LogP contribution in [-0.2, 0) is 9.59 Å². The van der Waals surface area contributed by atoms with Gasteiger partial charge in [0, 0.05) is 18.9 Å². The first-order valence-electron chi connectivity index (χ1n) is 9.46. The van der Waals surface area contributed by atoms with Gasteiger partial charge in [-0.3, -0.25) is 19.0 Å². The van der Waals surface area contributed by atoms with E-state index in [1.54, 1.807) is 42.5 Å². The standard InChI is InChI=1S/C22H16N2O6/c25-15-6-3-7-16(26)19(15)21(27)20-22(28)24(14-5-2-1-4-13(14)23-20)12-8-9-17-18(10-12)30-11-29-17/h1-2,4-5,8-10,27H,3,6-7,11H2. The predicted molar refractivity (Wildman–Crippen MR) is 107 cm³/mol. The number of Topliss-reactive ketones (excluding diaryl/α,β-unsaturated/α-hetero) is 2. The summed E-state index contributed by atoms with van der Waals surface area (Å²) in [6.07, 6.45) is 0.727. The number of rotatable bonds is 2. The Bertz CT molecular complexity index is 1300. The van der Waals surface area contributed by atoms with Gasteiger partial charge in [-0.1, -0.05) is 12.1 Å². The maximum absolute atomic E-state index is 13.4. The van der Waals surface area contributed by atoms with Crippen molar-refractivity contribution in [3.63, 3.8) is 0 Å². The number of para-hydroxylation sites is 2. The number of hydrogen-bond acceptors (Lipinski definition) is 7. The zero-order chi connectivity index (χ0) is 20.8. The van der Waals surface area contributed by atoms with Crippen LogP contribution in [0.4, 0.5) is 0 Å². The number of carbonyl (C=O) groups is 2. The molecule has 8 heteroatoms. The Balaban J connectivity index is 1.80. The number of fused-ring (bicyclic) bond motifs is 2. The van der Waals surface area contributed by atoms with Gasteiger partial charge >= 0.3 is 0 Å². The van der Waals surface area contributed by atoms with E-state index in [1.807, 2.05) is 0 Å². The summed E-state index contributed by atoms with van der Waals surface area (Å²) >= 11 is 0. The molecule has 0 unspecified atom stereocenters. The first-order valence-corrected chi connectivity index (χ1v) is 9.46. The fraction of sp³-hybridized carbons (Fsp3) is 0.182. The second-order valence-electron chi connectivity index (χ2n) is 7.05. The molecule has 1 fully saturated rings. The fourth-order valence-electron chi connectivity index (χ4n) is 3.76. The number of aromatic nitrogens is 2. The van der Waals surface area contributed by atoms with Crippen LogP contribution in [0.2, 0.25) is 0 Å². The summed E-state index contributed by atoms with van der Waals surface area (Å²) in [5.74, 6) is -0.578. The molecule has 0 bridgehead atoms. The highest BCUT2D eigenvalue weighted by Gasteiger charge is 2.30. The smallest absolute Gasteiger partial charge is 0.285 e. The highest BCUT2D eigenvalue weighted by molar-refractivity contribution is 6.25. The Morgan fingerprint density at radius 3 is 2.50 bits per heavy atom. The topological polar surface area (TPSA) is 108 Å². The number of aliphatic hydroxyl groups is 1. The molecule has 0 spiro atoms. The van der Waals surface area contributed by atoms with Gasteiger partial charge in [-0.15, -0.1) is 0 Å². The quantitative estimate of drug-likeness (QED) is 0.397. The number of aliphatic hydroxyl groups excluding tert-OH is 1. The Hall–Kier alpha value is -3.94. The molecular weight excluding hydrogens is 388 g/mol. The first-order chi connectivity index (χ1) is 14.5. The van der Waals surface area contributed by atoms with E-state index >= 15 is 0 Å². The Kier molecular flexibility index (Phi) is 4.13. The van der Waals surface area contributed by atoms with E-state index in [-0.39, 0.29) is 30.9 Å². The molecule has 30 heavy (non-hydrogen) atoms. The van der Waals surface area contributed by atoms with E-state index in [9.17, 15) is 19.5 Å². The van der Waals surface area contributed by atoms with E-state index in [0.29, 0.717) is 34.6 Å². The van der Waals surface area contributed by atoms with E-state index < -0.39 is 22.9 Å². The van der Waals surface area contributed by atoms with E-state index in [0.717, 1.165) is 0 Å². The minimum atomic E-state index is -0.671. The summed E-state index contributed by atoms with van der Waals surface area (Å²) < 4.78 is 12.1. The zero-order valence-corrected chi connectivity index (χ0v) is 15.8. The summed E-state index contributed by atoms with van der Waals surface area (Å²) in [6, 6.07) is 11.9. The Morgan fingerprint density at radius 1 is 0.967 bits per heavy atom. The molecular formula is C22H16N2O6. The lowest BCUT2D eigenvalue weighted by atomic mass is 9.90. The van der Waals surface area contributed by atoms with Gasteiger partial charge in [-0.25, -0.2) is 4.98 Å². The van der Waals surface area contributed by atoms with Gasteiger partial charge in [-0.05, 0) is 30.7 Å². The van der Waals surface area contributed by atoms with Crippen molar-refractivity contribution in [1.82, 2.24) is 9.55 Å². The molecule has 1 saturated carbocycles. The number of benzene rings is 2. The summed E-state index contributed by atoms with van der Waals surface area (Å²) in [4.78, 5) is 42.2. The molecule has 0 amide bonds. The highest BCUT2D eigenvalue weighted by atomic mass is 16.7. The lowest BCUT2D eigenvalue weighted by Gasteiger charge is -2.15. The second kappa shape index (κ2) is 6.84. The maximum Gasteiger partial charge on any atom is 0.285 e. The van der Waals surface area contributed by atoms with Gasteiger partial charge in [0.05, 0.1) is 16.7 Å². The van der Waals surface area contributed by atoms with Gasteiger partial charge in [0.1, 0.15) is 5.57 Å². The van der Waals surface area contributed by atoms with Gasteiger partial charge < -0.3 is 14.6 Å². The first kappa shape index (κ1) is 18.1. The van der Waals surface area contributed by atoms with Crippen LogP contribution >= 0.6 is 0 Å². The predicted octanol–water partition coefficient (Wildman–Crippen LogP) is 2.71. The van der Waals surface area contributed by atoms with Crippen molar-refractivity contribution in [2.75, 3.05) is 6.79 Å². The summed E-state index contributed by atoms with van der Waals surface area (Å²) in [5.41, 5.74) is 0.0621. The molecule has 3 aromatic rings. The maximum atomic E-state index is 13.4. The van der Waals surface area contributed by atoms with Crippen molar-refractivity contribution in [2.24, 2.45) is 0 Å². The monoisotopic (exact) mass is 404 g/mol. The van der Waals surface area contributed by atoms with Crippen LogP contribution in [0.25, 0.3) is 22.5 Å². The number of ether oxygens (including phenoxy) is 2. The van der Waals surface area contributed by atoms with Crippen molar-refractivity contribution < 1.29 is 24.2 Å². The zero-order valence-electron chi connectivity index (χ0n) is 15.8. The van der Waals surface area contributed by atoms with Crippen molar-refractivity contribution >= 4 is 28.4 Å². The molecule has 2 aromatic carbocycles. The molecule has 150 valence electrons. The molecule has 1 N–H and O–H groups in total. The van der Waals surface area contributed by atoms with Crippen molar-refractivity contribution in [1.29, 1.82) is 0 Å².